The molecule has 0 aromatic heterocycles. The highest BCUT2D eigenvalue weighted by Gasteiger charge is 2.13. The Balaban J connectivity index is 2.25. The van der Waals surface area contributed by atoms with E-state index in [1.807, 2.05) is 6.92 Å². The number of aryl methyl sites for hydroxylation is 1. The molecule has 0 amide bonds. The molecular formula is C13H14N2O3. The standard InChI is InChI=1S/C13H14N2O3/c1-9-5-6-11(15(17)18)8-13(9)14-10-3-2-4-12(16)7-10/h5-8,14H,2-4H2,1H3. The molecule has 0 saturated carbocycles. The van der Waals surface area contributed by atoms with E-state index in [0.717, 1.165) is 24.1 Å². The molecule has 2 rings (SSSR count). The molecule has 18 heavy (non-hydrogen) atoms. The minimum Gasteiger partial charge on any atom is -0.358 e. The highest BCUT2D eigenvalue weighted by molar-refractivity contribution is 5.91. The number of hydrogen-bond donors (Lipinski definition) is 1. The summed E-state index contributed by atoms with van der Waals surface area (Å²) in [7, 11) is 0. The molecule has 94 valence electrons. The molecule has 1 aromatic carbocycles. The minimum atomic E-state index is -0.426. The number of rotatable bonds is 3. The van der Waals surface area contributed by atoms with Gasteiger partial charge in [0.15, 0.2) is 5.78 Å². The number of carbonyl (C=O) groups is 1. The summed E-state index contributed by atoms with van der Waals surface area (Å²) in [5.41, 5.74) is 2.48. The summed E-state index contributed by atoms with van der Waals surface area (Å²) in [6, 6.07) is 4.67. The third-order valence-corrected chi connectivity index (χ3v) is 2.93. The maximum atomic E-state index is 11.3. The predicted octanol–water partition coefficient (Wildman–Crippen LogP) is 2.95. The van der Waals surface area contributed by atoms with Crippen molar-refractivity contribution in [2.24, 2.45) is 0 Å². The number of non-ortho nitro benzene ring substituents is 1. The number of nitro benzene ring substituents is 1. The first-order valence-corrected chi connectivity index (χ1v) is 5.82. The van der Waals surface area contributed by atoms with Crippen molar-refractivity contribution in [1.29, 1.82) is 0 Å². The second-order valence-electron chi connectivity index (χ2n) is 4.37. The first-order chi connectivity index (χ1) is 8.56. The number of nitro groups is 1. The minimum absolute atomic E-state index is 0.0471. The Morgan fingerprint density at radius 2 is 2.11 bits per heavy atom. The van der Waals surface area contributed by atoms with E-state index in [-0.39, 0.29) is 11.5 Å². The Hall–Kier alpha value is -2.17. The van der Waals surface area contributed by atoms with Crippen molar-refractivity contribution in [3.63, 3.8) is 0 Å². The van der Waals surface area contributed by atoms with Gasteiger partial charge in [0.25, 0.3) is 5.69 Å². The van der Waals surface area contributed by atoms with Crippen molar-refractivity contribution in [1.82, 2.24) is 0 Å². The van der Waals surface area contributed by atoms with Gasteiger partial charge in [-0.15, -0.1) is 0 Å². The first-order valence-electron chi connectivity index (χ1n) is 5.82. The molecule has 0 radical (unpaired) electrons. The van der Waals surface area contributed by atoms with E-state index >= 15 is 0 Å². The van der Waals surface area contributed by atoms with E-state index in [2.05, 4.69) is 5.32 Å². The summed E-state index contributed by atoms with van der Waals surface area (Å²) >= 11 is 0. The van der Waals surface area contributed by atoms with Crippen LogP contribution in [0.2, 0.25) is 0 Å². The number of nitrogens with zero attached hydrogens (tertiary/aromatic N) is 1. The molecule has 0 unspecified atom stereocenters. The molecule has 5 heteroatoms. The Bertz CT molecular complexity index is 535. The molecule has 1 aliphatic carbocycles. The van der Waals surface area contributed by atoms with Gasteiger partial charge in [-0.05, 0) is 25.3 Å². The van der Waals surface area contributed by atoms with Gasteiger partial charge in [0.05, 0.1) is 4.92 Å². The smallest absolute Gasteiger partial charge is 0.271 e. The van der Waals surface area contributed by atoms with Crippen LogP contribution in [0.1, 0.15) is 24.8 Å². The van der Waals surface area contributed by atoms with Crippen LogP contribution in [-0.2, 0) is 4.79 Å². The van der Waals surface area contributed by atoms with Gasteiger partial charge in [-0.2, -0.15) is 0 Å². The molecule has 0 heterocycles. The average Bonchev–Trinajstić information content (AvgIpc) is 2.31. The summed E-state index contributed by atoms with van der Waals surface area (Å²) < 4.78 is 0. The maximum absolute atomic E-state index is 11.3. The number of allylic oxidation sites excluding steroid dienone is 2. The zero-order chi connectivity index (χ0) is 13.1. The SMILES string of the molecule is Cc1ccc([N+](=O)[O-])cc1NC1=CC(=O)CCC1. The largest absolute Gasteiger partial charge is 0.358 e. The lowest BCUT2D eigenvalue weighted by molar-refractivity contribution is -0.384. The number of hydrogen-bond acceptors (Lipinski definition) is 4. The van der Waals surface area contributed by atoms with Crippen molar-refractivity contribution in [3.8, 4) is 0 Å². The summed E-state index contributed by atoms with van der Waals surface area (Å²) in [4.78, 5) is 21.6. The molecule has 1 aliphatic rings. The fourth-order valence-electron chi connectivity index (χ4n) is 1.92. The van der Waals surface area contributed by atoms with Crippen molar-refractivity contribution in [2.75, 3.05) is 5.32 Å². The van der Waals surface area contributed by atoms with E-state index in [4.69, 9.17) is 0 Å². The molecule has 1 N–H and O–H groups in total. The van der Waals surface area contributed by atoms with Gasteiger partial charge in [-0.1, -0.05) is 6.07 Å². The molecule has 0 fully saturated rings. The molecule has 0 aliphatic heterocycles. The monoisotopic (exact) mass is 246 g/mol. The van der Waals surface area contributed by atoms with Crippen LogP contribution in [0.3, 0.4) is 0 Å². The van der Waals surface area contributed by atoms with Crippen molar-refractivity contribution < 1.29 is 9.72 Å². The van der Waals surface area contributed by atoms with Gasteiger partial charge in [0.1, 0.15) is 0 Å². The Labute approximate surface area is 105 Å². The van der Waals surface area contributed by atoms with E-state index < -0.39 is 4.92 Å². The lowest BCUT2D eigenvalue weighted by Gasteiger charge is -2.15. The molecule has 1 aromatic rings. The van der Waals surface area contributed by atoms with E-state index in [1.54, 1.807) is 12.1 Å². The van der Waals surface area contributed by atoms with Gasteiger partial charge in [-0.25, -0.2) is 0 Å². The second kappa shape index (κ2) is 5.00. The average molecular weight is 246 g/mol. The summed E-state index contributed by atoms with van der Waals surface area (Å²) in [5.74, 6) is 0.104. The normalized spacial score (nSPS) is 15.2. The zero-order valence-corrected chi connectivity index (χ0v) is 10.1. The fraction of sp³-hybridized carbons (Fsp3) is 0.308. The number of anilines is 1. The van der Waals surface area contributed by atoms with E-state index in [1.165, 1.54) is 12.1 Å². The van der Waals surface area contributed by atoms with Crippen LogP contribution in [-0.4, -0.2) is 10.7 Å². The van der Waals surface area contributed by atoms with E-state index in [9.17, 15) is 14.9 Å². The summed E-state index contributed by atoms with van der Waals surface area (Å²) in [5, 5.41) is 13.8. The fourth-order valence-corrected chi connectivity index (χ4v) is 1.92. The molecule has 0 bridgehead atoms. The Kier molecular flexibility index (Phi) is 3.41. The third kappa shape index (κ3) is 2.74. The second-order valence-corrected chi connectivity index (χ2v) is 4.37. The molecule has 0 saturated heterocycles. The van der Waals surface area contributed by atoms with Gasteiger partial charge in [0.2, 0.25) is 0 Å². The third-order valence-electron chi connectivity index (χ3n) is 2.93. The molecular weight excluding hydrogens is 232 g/mol. The van der Waals surface area contributed by atoms with Gasteiger partial charge in [0, 0.05) is 36.0 Å². The van der Waals surface area contributed by atoms with E-state index in [0.29, 0.717) is 12.1 Å². The van der Waals surface area contributed by atoms with Crippen molar-refractivity contribution in [3.05, 3.63) is 45.6 Å². The Morgan fingerprint density at radius 1 is 1.33 bits per heavy atom. The van der Waals surface area contributed by atoms with Crippen LogP contribution < -0.4 is 5.32 Å². The number of carbonyl (C=O) groups excluding carboxylic acids is 1. The lowest BCUT2D eigenvalue weighted by Crippen LogP contribution is -2.09. The molecule has 0 spiro atoms. The number of ketones is 1. The summed E-state index contributed by atoms with van der Waals surface area (Å²) in [6.07, 6.45) is 3.79. The highest BCUT2D eigenvalue weighted by Crippen LogP contribution is 2.25. The summed E-state index contributed by atoms with van der Waals surface area (Å²) in [6.45, 7) is 1.87. The molecule has 5 nitrogen and oxygen atoms in total. The number of nitrogens with one attached hydrogen (secondary N) is 1. The van der Waals surface area contributed by atoms with Crippen molar-refractivity contribution in [2.45, 2.75) is 26.2 Å². The van der Waals surface area contributed by atoms with Crippen LogP contribution in [0.4, 0.5) is 11.4 Å². The molecule has 0 atom stereocenters. The maximum Gasteiger partial charge on any atom is 0.271 e. The van der Waals surface area contributed by atoms with Gasteiger partial charge in [-0.3, -0.25) is 14.9 Å². The predicted molar refractivity (Wildman–Crippen MR) is 68.4 cm³/mol. The Morgan fingerprint density at radius 3 is 2.78 bits per heavy atom. The van der Waals surface area contributed by atoms with Gasteiger partial charge >= 0.3 is 0 Å². The van der Waals surface area contributed by atoms with Gasteiger partial charge < -0.3 is 5.32 Å². The first kappa shape index (κ1) is 12.3. The quantitative estimate of drug-likeness (QED) is 0.657. The highest BCUT2D eigenvalue weighted by atomic mass is 16.6. The van der Waals surface area contributed by atoms with Crippen LogP contribution in [0.15, 0.2) is 30.0 Å². The van der Waals surface area contributed by atoms with Crippen LogP contribution in [0.25, 0.3) is 0 Å². The topological polar surface area (TPSA) is 72.2 Å². The lowest BCUT2D eigenvalue weighted by atomic mass is 10.0. The van der Waals surface area contributed by atoms with Crippen molar-refractivity contribution >= 4 is 17.2 Å². The van der Waals surface area contributed by atoms with Crippen LogP contribution in [0, 0.1) is 17.0 Å². The van der Waals surface area contributed by atoms with Crippen LogP contribution >= 0.6 is 0 Å². The number of benzene rings is 1. The zero-order valence-electron chi connectivity index (χ0n) is 10.1. The van der Waals surface area contributed by atoms with Crippen LogP contribution in [0.5, 0.6) is 0 Å².